The zero-order chi connectivity index (χ0) is 40.3. The van der Waals surface area contributed by atoms with Crippen LogP contribution in [0.15, 0.2) is 48.6 Å². The molecule has 4 unspecified atom stereocenters. The van der Waals surface area contributed by atoms with E-state index in [9.17, 15) is 34.2 Å². The molecule has 0 saturated carbocycles. The molecule has 0 aromatic carbocycles. The van der Waals surface area contributed by atoms with E-state index in [4.69, 9.17) is 42.6 Å². The van der Waals surface area contributed by atoms with Crippen molar-refractivity contribution < 1.29 is 76.8 Å². The van der Waals surface area contributed by atoms with Gasteiger partial charge < -0.3 is 52.8 Å². The summed E-state index contributed by atoms with van der Waals surface area (Å²) in [6.45, 7) is 19.0. The van der Waals surface area contributed by atoms with Gasteiger partial charge in [0.2, 0.25) is 0 Å². The fourth-order valence-corrected chi connectivity index (χ4v) is 5.44. The monoisotopic (exact) mass is 758 g/mol. The van der Waals surface area contributed by atoms with Gasteiger partial charge in [0.25, 0.3) is 12.9 Å². The number of hydrogen-bond acceptors (Lipinski definition) is 16. The number of carbonyl (C=O) groups is 5. The van der Waals surface area contributed by atoms with Gasteiger partial charge in [-0.25, -0.2) is 14.4 Å². The van der Waals surface area contributed by atoms with Gasteiger partial charge in [-0.15, -0.1) is 0 Å². The van der Waals surface area contributed by atoms with Crippen molar-refractivity contribution >= 4 is 30.9 Å². The van der Waals surface area contributed by atoms with Gasteiger partial charge in [0, 0.05) is 27.5 Å². The maximum atomic E-state index is 12.5. The molecule has 4 atom stereocenters. The van der Waals surface area contributed by atoms with Crippen LogP contribution >= 0.6 is 0 Å². The number of aliphatic hydroxyl groups excluding tert-OH is 2. The van der Waals surface area contributed by atoms with Crippen molar-refractivity contribution in [3.63, 3.8) is 0 Å². The average molecular weight is 759 g/mol. The van der Waals surface area contributed by atoms with Crippen molar-refractivity contribution in [3.05, 3.63) is 48.6 Å². The molecule has 0 aromatic heterocycles. The first-order valence-corrected chi connectivity index (χ1v) is 16.9. The smallest absolute Gasteiger partial charge is 0.333 e. The highest BCUT2D eigenvalue weighted by molar-refractivity contribution is 5.87. The summed E-state index contributed by atoms with van der Waals surface area (Å²) in [5, 5.41) is 22.4. The Morgan fingerprint density at radius 1 is 0.547 bits per heavy atom. The van der Waals surface area contributed by atoms with Crippen LogP contribution < -0.4 is 0 Å². The molecular weight excluding hydrogens is 700 g/mol. The van der Waals surface area contributed by atoms with Crippen LogP contribution in [-0.2, 0) is 66.6 Å². The number of carbonyl (C=O) groups excluding carboxylic acids is 5. The quantitative estimate of drug-likeness (QED) is 0.0240. The molecule has 302 valence electrons. The van der Waals surface area contributed by atoms with Crippen molar-refractivity contribution in [1.29, 1.82) is 0 Å². The summed E-state index contributed by atoms with van der Waals surface area (Å²) in [4.78, 5) is 57.8. The molecule has 16 nitrogen and oxygen atoms in total. The van der Waals surface area contributed by atoms with E-state index in [1.54, 1.807) is 6.92 Å². The zero-order valence-corrected chi connectivity index (χ0v) is 31.6. The lowest BCUT2D eigenvalue weighted by Gasteiger charge is -2.50. The predicted octanol–water partition coefficient (Wildman–Crippen LogP) is 1.91. The Balaban J connectivity index is 7.04. The summed E-state index contributed by atoms with van der Waals surface area (Å²) in [6, 6.07) is 0. The SMILES string of the molecule is C=C(C)C(=O)OCCOCC(CO)(COCCOC=O)C(CCOC(=O)C(=C)C)C(C(=C)C)C(CO)(COCCOC=O)COCCOC(=O)C(=C)C. The Morgan fingerprint density at radius 2 is 0.887 bits per heavy atom. The fourth-order valence-electron chi connectivity index (χ4n) is 5.44. The third kappa shape index (κ3) is 18.6. The van der Waals surface area contributed by atoms with Gasteiger partial charge in [0.1, 0.15) is 26.4 Å². The first kappa shape index (κ1) is 49.1. The third-order valence-electron chi connectivity index (χ3n) is 8.02. The van der Waals surface area contributed by atoms with Crippen molar-refractivity contribution in [2.24, 2.45) is 22.7 Å². The van der Waals surface area contributed by atoms with Gasteiger partial charge in [-0.05, 0) is 46.0 Å². The highest BCUT2D eigenvalue weighted by atomic mass is 16.6. The Morgan fingerprint density at radius 3 is 1.21 bits per heavy atom. The number of esters is 3. The van der Waals surface area contributed by atoms with E-state index in [2.05, 4.69) is 26.3 Å². The van der Waals surface area contributed by atoms with E-state index in [0.717, 1.165) is 0 Å². The molecule has 0 aliphatic carbocycles. The molecule has 0 aliphatic heterocycles. The van der Waals surface area contributed by atoms with Crippen LogP contribution in [0.3, 0.4) is 0 Å². The standard InChI is InChI=1S/C37H58O16/c1-27(2)32(37(20-39,23-46-12-14-50-26-41)24-48-16-18-53-35(44)30(7)8)31(9-10-51-33(42)28(3)4)36(19-38,21-45-11-13-49-25-40)22-47-15-17-52-34(43)29(5)6/h25-26,31-32,38-39H,1,3,5,7,9-24H2,2,4,6,8H3. The minimum atomic E-state index is -1.34. The summed E-state index contributed by atoms with van der Waals surface area (Å²) in [5.74, 6) is -3.44. The van der Waals surface area contributed by atoms with Gasteiger partial charge >= 0.3 is 17.9 Å². The van der Waals surface area contributed by atoms with E-state index >= 15 is 0 Å². The molecule has 0 spiro atoms. The van der Waals surface area contributed by atoms with Crippen molar-refractivity contribution in [2.75, 3.05) is 99.1 Å². The second kappa shape index (κ2) is 27.6. The minimum Gasteiger partial charge on any atom is -0.465 e. The molecule has 53 heavy (non-hydrogen) atoms. The van der Waals surface area contributed by atoms with Crippen LogP contribution in [-0.4, -0.2) is 140 Å². The molecule has 16 heteroatoms. The van der Waals surface area contributed by atoms with E-state index in [-0.39, 0.29) is 122 Å². The summed E-state index contributed by atoms with van der Waals surface area (Å²) in [7, 11) is 0. The van der Waals surface area contributed by atoms with Gasteiger partial charge in [-0.3, -0.25) is 9.59 Å². The predicted molar refractivity (Wildman–Crippen MR) is 190 cm³/mol. The summed E-state index contributed by atoms with van der Waals surface area (Å²) in [5.41, 5.74) is -1.59. The topological polar surface area (TPSA) is 209 Å². The van der Waals surface area contributed by atoms with Crippen LogP contribution in [0.2, 0.25) is 0 Å². The van der Waals surface area contributed by atoms with E-state index in [1.807, 2.05) is 0 Å². The summed E-state index contributed by atoms with van der Waals surface area (Å²) >= 11 is 0. The number of hydrogen-bond donors (Lipinski definition) is 2. The number of allylic oxidation sites excluding steroid dienone is 1. The Labute approximate surface area is 312 Å². The van der Waals surface area contributed by atoms with E-state index < -0.39 is 53.8 Å². The maximum Gasteiger partial charge on any atom is 0.333 e. The van der Waals surface area contributed by atoms with Gasteiger partial charge in [0.05, 0.1) is 72.7 Å². The second-order valence-corrected chi connectivity index (χ2v) is 12.7. The van der Waals surface area contributed by atoms with Crippen molar-refractivity contribution in [2.45, 2.75) is 34.1 Å². The van der Waals surface area contributed by atoms with Crippen molar-refractivity contribution in [1.82, 2.24) is 0 Å². The van der Waals surface area contributed by atoms with Gasteiger partial charge in [-0.1, -0.05) is 31.9 Å². The molecule has 0 saturated heterocycles. The Hall–Kier alpha value is -3.93. The maximum absolute atomic E-state index is 12.5. The Kier molecular flexibility index (Phi) is 25.6. The average Bonchev–Trinajstić information content (AvgIpc) is 3.12. The van der Waals surface area contributed by atoms with Crippen LogP contribution in [0, 0.1) is 22.7 Å². The molecule has 0 aliphatic rings. The van der Waals surface area contributed by atoms with Crippen LogP contribution in [0.1, 0.15) is 34.1 Å². The number of ether oxygens (including phenoxy) is 9. The lowest BCUT2D eigenvalue weighted by atomic mass is 9.58. The zero-order valence-electron chi connectivity index (χ0n) is 31.6. The number of aliphatic hydroxyl groups is 2. The van der Waals surface area contributed by atoms with Crippen molar-refractivity contribution in [3.8, 4) is 0 Å². The normalized spacial score (nSPS) is 14.3. The highest BCUT2D eigenvalue weighted by Crippen LogP contribution is 2.48. The first-order chi connectivity index (χ1) is 25.2. The summed E-state index contributed by atoms with van der Waals surface area (Å²) < 4.78 is 49.1. The third-order valence-corrected chi connectivity index (χ3v) is 8.02. The number of rotatable bonds is 34. The molecule has 0 rings (SSSR count). The molecule has 0 bridgehead atoms. The van der Waals surface area contributed by atoms with E-state index in [1.165, 1.54) is 20.8 Å². The first-order valence-electron chi connectivity index (χ1n) is 16.9. The van der Waals surface area contributed by atoms with Gasteiger partial charge in [0.15, 0.2) is 0 Å². The molecule has 0 heterocycles. The van der Waals surface area contributed by atoms with Crippen LogP contribution in [0.5, 0.6) is 0 Å². The molecule has 2 N–H and O–H groups in total. The van der Waals surface area contributed by atoms with Crippen LogP contribution in [0.25, 0.3) is 0 Å². The lowest BCUT2D eigenvalue weighted by molar-refractivity contribution is -0.158. The molecule has 0 fully saturated rings. The highest BCUT2D eigenvalue weighted by Gasteiger charge is 2.52. The molecule has 0 amide bonds. The van der Waals surface area contributed by atoms with Crippen LogP contribution in [0.4, 0.5) is 0 Å². The summed E-state index contributed by atoms with van der Waals surface area (Å²) in [6.07, 6.45) is 0.0610. The largest absolute Gasteiger partial charge is 0.465 e. The molecule has 0 radical (unpaired) electrons. The Bertz CT molecular complexity index is 1200. The minimum absolute atomic E-state index is 0.0441. The molecular formula is C37H58O16. The fraction of sp³-hybridized carbons (Fsp3) is 0.649. The molecule has 0 aromatic rings. The van der Waals surface area contributed by atoms with E-state index in [0.29, 0.717) is 5.57 Å². The second-order valence-electron chi connectivity index (χ2n) is 12.7. The lowest BCUT2D eigenvalue weighted by Crippen LogP contribution is -2.55. The van der Waals surface area contributed by atoms with Gasteiger partial charge in [-0.2, -0.15) is 0 Å².